The maximum Gasteiger partial charge on any atom is -0.0114 e. The second kappa shape index (κ2) is 3.22. The minimum Gasteiger partial charge on any atom is -0.0617 e. The molecule has 0 unspecified atom stereocenters. The fraction of sp³-hybridized carbons (Fsp3) is 0.294. The summed E-state index contributed by atoms with van der Waals surface area (Å²) in [5.41, 5.74) is 10.9. The van der Waals surface area contributed by atoms with E-state index < -0.39 is 0 Å². The van der Waals surface area contributed by atoms with Gasteiger partial charge in [-0.3, -0.25) is 0 Å². The van der Waals surface area contributed by atoms with Gasteiger partial charge in [-0.25, -0.2) is 0 Å². The van der Waals surface area contributed by atoms with Crippen LogP contribution in [-0.2, 0) is 25.7 Å². The van der Waals surface area contributed by atoms with E-state index in [1.54, 1.807) is 33.4 Å². The fourth-order valence-corrected chi connectivity index (χ4v) is 3.59. The highest BCUT2D eigenvalue weighted by Crippen LogP contribution is 2.42. The van der Waals surface area contributed by atoms with Gasteiger partial charge in [0.05, 0.1) is 0 Å². The first kappa shape index (κ1) is 9.47. The molecule has 0 bridgehead atoms. The molecule has 0 aromatic heterocycles. The Labute approximate surface area is 102 Å². The van der Waals surface area contributed by atoms with Crippen molar-refractivity contribution in [3.63, 3.8) is 0 Å². The van der Waals surface area contributed by atoms with Gasteiger partial charge < -0.3 is 0 Å². The molecule has 0 spiro atoms. The number of benzene rings is 2. The van der Waals surface area contributed by atoms with Crippen LogP contribution >= 0.6 is 0 Å². The first-order valence-electron chi connectivity index (χ1n) is 6.56. The summed E-state index contributed by atoms with van der Waals surface area (Å²) >= 11 is 0. The van der Waals surface area contributed by atoms with Crippen molar-refractivity contribution in [1.82, 2.24) is 0 Å². The van der Waals surface area contributed by atoms with E-state index in [4.69, 9.17) is 0 Å². The normalized spacial score (nSPS) is 15.6. The van der Waals surface area contributed by atoms with E-state index >= 15 is 0 Å². The molecule has 0 heteroatoms. The zero-order chi connectivity index (χ0) is 11.4. The Balaban J connectivity index is 2.12. The molecule has 0 radical (unpaired) electrons. The van der Waals surface area contributed by atoms with Crippen molar-refractivity contribution in [2.45, 2.75) is 32.6 Å². The van der Waals surface area contributed by atoms with Crippen LogP contribution in [-0.4, -0.2) is 0 Å². The smallest absolute Gasteiger partial charge is 0.0114 e. The van der Waals surface area contributed by atoms with E-state index in [1.165, 1.54) is 31.2 Å². The maximum atomic E-state index is 2.39. The Kier molecular flexibility index (Phi) is 1.80. The zero-order valence-corrected chi connectivity index (χ0v) is 10.2. The number of aryl methyl sites for hydroxylation is 5. The third kappa shape index (κ3) is 1.24. The minimum atomic E-state index is 1.22. The molecule has 0 nitrogen and oxygen atoms in total. The lowest BCUT2D eigenvalue weighted by Crippen LogP contribution is -2.14. The quantitative estimate of drug-likeness (QED) is 0.632. The Bertz CT molecular complexity index is 573. The number of rotatable bonds is 0. The first-order chi connectivity index (χ1) is 8.33. The summed E-state index contributed by atoms with van der Waals surface area (Å²) in [4.78, 5) is 0. The molecule has 4 rings (SSSR count). The summed E-state index contributed by atoms with van der Waals surface area (Å²) in [5, 5.41) is 0. The lowest BCUT2D eigenvalue weighted by Gasteiger charge is -2.29. The lowest BCUT2D eigenvalue weighted by molar-refractivity contribution is 0.874. The predicted octanol–water partition coefficient (Wildman–Crippen LogP) is 3.86. The van der Waals surface area contributed by atoms with Crippen LogP contribution in [0.5, 0.6) is 0 Å². The average Bonchev–Trinajstić information content (AvgIpc) is 2.35. The van der Waals surface area contributed by atoms with Gasteiger partial charge in [-0.15, -0.1) is 0 Å². The van der Waals surface area contributed by atoms with Crippen molar-refractivity contribution >= 4 is 0 Å². The van der Waals surface area contributed by atoms with Gasteiger partial charge in [-0.1, -0.05) is 35.9 Å². The van der Waals surface area contributed by atoms with Gasteiger partial charge in [0, 0.05) is 0 Å². The molecule has 0 heterocycles. The van der Waals surface area contributed by atoms with Gasteiger partial charge in [0.25, 0.3) is 0 Å². The second-order valence-electron chi connectivity index (χ2n) is 5.41. The second-order valence-corrected chi connectivity index (χ2v) is 5.41. The number of hydrogen-bond acceptors (Lipinski definition) is 0. The van der Waals surface area contributed by atoms with E-state index in [1.807, 2.05) is 0 Å². The van der Waals surface area contributed by atoms with Gasteiger partial charge >= 0.3 is 0 Å². The van der Waals surface area contributed by atoms with Crippen LogP contribution in [0.4, 0.5) is 0 Å². The number of hydrogen-bond donors (Lipinski definition) is 0. The third-order valence-electron chi connectivity index (χ3n) is 4.26. The molecule has 0 atom stereocenters. The van der Waals surface area contributed by atoms with Crippen LogP contribution < -0.4 is 0 Å². The molecule has 0 aliphatic heterocycles. The summed E-state index contributed by atoms with van der Waals surface area (Å²) in [7, 11) is 0. The van der Waals surface area contributed by atoms with Crippen molar-refractivity contribution in [3.8, 4) is 11.1 Å². The Morgan fingerprint density at radius 1 is 0.706 bits per heavy atom. The van der Waals surface area contributed by atoms with Crippen molar-refractivity contribution in [2.24, 2.45) is 0 Å². The molecule has 84 valence electrons. The van der Waals surface area contributed by atoms with Crippen molar-refractivity contribution in [1.29, 1.82) is 0 Å². The lowest BCUT2D eigenvalue weighted by atomic mass is 9.75. The Hall–Kier alpha value is -1.56. The Morgan fingerprint density at radius 3 is 1.76 bits per heavy atom. The largest absolute Gasteiger partial charge is 0.0617 e. The molecule has 2 aromatic carbocycles. The van der Waals surface area contributed by atoms with Crippen LogP contribution in [0.25, 0.3) is 11.1 Å². The topological polar surface area (TPSA) is 0 Å². The van der Waals surface area contributed by atoms with Crippen molar-refractivity contribution < 1.29 is 0 Å². The molecule has 0 saturated carbocycles. The molecule has 0 amide bonds. The molecular formula is C17H16. The summed E-state index contributed by atoms with van der Waals surface area (Å²) < 4.78 is 0. The maximum absolute atomic E-state index is 2.39. The Morgan fingerprint density at radius 2 is 1.18 bits per heavy atom. The van der Waals surface area contributed by atoms with Crippen LogP contribution in [0.1, 0.15) is 27.8 Å². The van der Waals surface area contributed by atoms with Crippen LogP contribution in [0, 0.1) is 6.92 Å². The van der Waals surface area contributed by atoms with E-state index in [2.05, 4.69) is 37.3 Å². The average molecular weight is 220 g/mol. The molecule has 0 N–H and O–H groups in total. The highest BCUT2D eigenvalue weighted by atomic mass is 14.3. The van der Waals surface area contributed by atoms with Crippen LogP contribution in [0.3, 0.4) is 0 Å². The highest BCUT2D eigenvalue weighted by Gasteiger charge is 2.25. The SMILES string of the molecule is Cc1cc2c3c(c1)CCc1cccc(c1-3)CC2. The van der Waals surface area contributed by atoms with Gasteiger partial charge in [0.15, 0.2) is 0 Å². The van der Waals surface area contributed by atoms with Crippen LogP contribution in [0.2, 0.25) is 0 Å². The van der Waals surface area contributed by atoms with E-state index in [0.717, 1.165) is 0 Å². The van der Waals surface area contributed by atoms with E-state index in [9.17, 15) is 0 Å². The third-order valence-corrected chi connectivity index (χ3v) is 4.26. The molecule has 2 aliphatic carbocycles. The van der Waals surface area contributed by atoms with E-state index in [0.29, 0.717) is 0 Å². The van der Waals surface area contributed by atoms with E-state index in [-0.39, 0.29) is 0 Å². The summed E-state index contributed by atoms with van der Waals surface area (Å²) in [6.07, 6.45) is 4.89. The molecule has 0 saturated heterocycles. The van der Waals surface area contributed by atoms with Gasteiger partial charge in [-0.2, -0.15) is 0 Å². The molecule has 17 heavy (non-hydrogen) atoms. The zero-order valence-electron chi connectivity index (χ0n) is 10.2. The fourth-order valence-electron chi connectivity index (χ4n) is 3.59. The predicted molar refractivity (Wildman–Crippen MR) is 71.4 cm³/mol. The van der Waals surface area contributed by atoms with Gasteiger partial charge in [0.2, 0.25) is 0 Å². The molecule has 0 fully saturated rings. The minimum absolute atomic E-state index is 1.22. The summed E-state index contributed by atoms with van der Waals surface area (Å²) in [5.74, 6) is 0. The molecule has 2 aliphatic rings. The molecular weight excluding hydrogens is 204 g/mol. The van der Waals surface area contributed by atoms with Crippen LogP contribution in [0.15, 0.2) is 30.3 Å². The van der Waals surface area contributed by atoms with Gasteiger partial charge in [0.1, 0.15) is 0 Å². The van der Waals surface area contributed by atoms with Crippen molar-refractivity contribution in [3.05, 3.63) is 58.1 Å². The summed E-state index contributed by atoms with van der Waals surface area (Å²) in [6.45, 7) is 2.23. The van der Waals surface area contributed by atoms with Gasteiger partial charge in [-0.05, 0) is 66.0 Å². The molecule has 2 aromatic rings. The van der Waals surface area contributed by atoms with Crippen molar-refractivity contribution in [2.75, 3.05) is 0 Å². The standard InChI is InChI=1S/C17H16/c1-11-9-14-7-5-12-3-2-4-13-6-8-15(10-11)17(14)16(12)13/h2-4,9-10H,5-8H2,1H3. The first-order valence-corrected chi connectivity index (χ1v) is 6.56. The highest BCUT2D eigenvalue weighted by molar-refractivity contribution is 5.81. The monoisotopic (exact) mass is 220 g/mol. The summed E-state index contributed by atoms with van der Waals surface area (Å²) in [6, 6.07) is 11.7.